The minimum Gasteiger partial charge on any atom is -0.497 e. The van der Waals surface area contributed by atoms with E-state index in [1.807, 2.05) is 59.7 Å². The van der Waals surface area contributed by atoms with Gasteiger partial charge in [0.15, 0.2) is 5.17 Å². The first-order valence-corrected chi connectivity index (χ1v) is 12.3. The number of amides is 1. The van der Waals surface area contributed by atoms with Gasteiger partial charge < -0.3 is 19.7 Å². The van der Waals surface area contributed by atoms with Gasteiger partial charge in [0, 0.05) is 30.6 Å². The number of rotatable bonds is 9. The van der Waals surface area contributed by atoms with Gasteiger partial charge in [0.25, 0.3) is 0 Å². The maximum absolute atomic E-state index is 13.0. The highest BCUT2D eigenvalue weighted by Crippen LogP contribution is 2.45. The topological polar surface area (TPSA) is 93.1 Å². The third-order valence-corrected chi connectivity index (χ3v) is 6.57. The van der Waals surface area contributed by atoms with E-state index in [4.69, 9.17) is 9.47 Å². The van der Waals surface area contributed by atoms with Crippen LogP contribution in [0.15, 0.2) is 76.0 Å². The molecule has 0 saturated heterocycles. The molecule has 0 bridgehead atoms. The number of amidine groups is 1. The summed E-state index contributed by atoms with van der Waals surface area (Å²) in [7, 11) is 1.60. The maximum Gasteiger partial charge on any atom is 0.338 e. The van der Waals surface area contributed by atoms with Crippen LogP contribution in [0.4, 0.5) is 0 Å². The van der Waals surface area contributed by atoms with Crippen molar-refractivity contribution in [2.75, 3.05) is 20.3 Å². The minimum absolute atomic E-state index is 0.109. The quantitative estimate of drug-likeness (QED) is 0.529. The average Bonchev–Trinajstić information content (AvgIpc) is 3.25. The monoisotopic (exact) mass is 492 g/mol. The molecule has 2 aliphatic heterocycles. The molecule has 1 aromatic carbocycles. The summed E-state index contributed by atoms with van der Waals surface area (Å²) < 4.78 is 10.8. The van der Waals surface area contributed by atoms with Gasteiger partial charge in [-0.3, -0.25) is 9.78 Å². The van der Waals surface area contributed by atoms with Crippen molar-refractivity contribution in [1.29, 1.82) is 0 Å². The molecule has 0 saturated carbocycles. The van der Waals surface area contributed by atoms with Gasteiger partial charge in [-0.25, -0.2) is 9.79 Å². The Labute approximate surface area is 209 Å². The van der Waals surface area contributed by atoms with E-state index in [9.17, 15) is 9.59 Å². The van der Waals surface area contributed by atoms with Crippen molar-refractivity contribution >= 4 is 28.8 Å². The number of aromatic nitrogens is 1. The van der Waals surface area contributed by atoms with Gasteiger partial charge in [0.05, 0.1) is 37.4 Å². The number of methoxy groups -OCH3 is 1. The highest BCUT2D eigenvalue weighted by atomic mass is 32.2. The summed E-state index contributed by atoms with van der Waals surface area (Å²) in [5, 5.41) is 5.61. The minimum atomic E-state index is -0.487. The lowest BCUT2D eigenvalue weighted by Gasteiger charge is -2.36. The van der Waals surface area contributed by atoms with Crippen LogP contribution in [0.1, 0.15) is 37.6 Å². The molecule has 1 atom stereocenters. The van der Waals surface area contributed by atoms with Gasteiger partial charge in [0.2, 0.25) is 5.91 Å². The predicted octanol–water partition coefficient (Wildman–Crippen LogP) is 3.98. The number of allylic oxidation sites excluding steroid dienone is 1. The summed E-state index contributed by atoms with van der Waals surface area (Å²) in [5.74, 6) is 0.149. The van der Waals surface area contributed by atoms with Crippen molar-refractivity contribution in [2.24, 2.45) is 4.99 Å². The molecule has 9 heteroatoms. The zero-order valence-electron chi connectivity index (χ0n) is 20.0. The van der Waals surface area contributed by atoms with Crippen LogP contribution in [0.5, 0.6) is 5.75 Å². The first-order valence-electron chi connectivity index (χ1n) is 11.4. The number of nitrogens with zero attached hydrogens (tertiary/aromatic N) is 3. The van der Waals surface area contributed by atoms with Crippen LogP contribution in [-0.4, -0.2) is 47.2 Å². The van der Waals surface area contributed by atoms with E-state index in [0.717, 1.165) is 22.1 Å². The number of hydrogen-bond donors (Lipinski definition) is 1. The standard InChI is InChI=1S/C26H28N4O4S/c1-4-34-25(32)23-17(2)29-26-30(24(23)18-8-7-10-21(14-18)33-3)20(16-35-26)15-22(31)28-13-11-19-9-5-6-12-27-19/h5-10,12,14,16,24H,4,11,13,15H2,1-3H3,(H,28,31). The predicted molar refractivity (Wildman–Crippen MR) is 136 cm³/mol. The number of fused-ring (bicyclic) bond motifs is 1. The van der Waals surface area contributed by atoms with Crippen LogP contribution in [0, 0.1) is 0 Å². The summed E-state index contributed by atoms with van der Waals surface area (Å²) in [6.45, 7) is 4.33. The van der Waals surface area contributed by atoms with Gasteiger partial charge in [-0.1, -0.05) is 30.0 Å². The zero-order valence-corrected chi connectivity index (χ0v) is 20.8. The molecule has 1 amide bonds. The Hall–Kier alpha value is -3.59. The highest BCUT2D eigenvalue weighted by molar-refractivity contribution is 8.16. The fourth-order valence-electron chi connectivity index (χ4n) is 4.07. The van der Waals surface area contributed by atoms with Crippen molar-refractivity contribution in [1.82, 2.24) is 15.2 Å². The number of pyridine rings is 1. The lowest BCUT2D eigenvalue weighted by Crippen LogP contribution is -2.38. The van der Waals surface area contributed by atoms with Gasteiger partial charge in [-0.15, -0.1) is 0 Å². The fourth-order valence-corrected chi connectivity index (χ4v) is 5.03. The fraction of sp³-hybridized carbons (Fsp3) is 0.308. The van der Waals surface area contributed by atoms with Crippen molar-refractivity contribution in [3.8, 4) is 5.75 Å². The summed E-state index contributed by atoms with van der Waals surface area (Å²) in [6, 6.07) is 12.8. The third kappa shape index (κ3) is 5.57. The van der Waals surface area contributed by atoms with Crippen LogP contribution < -0.4 is 10.1 Å². The summed E-state index contributed by atoms with van der Waals surface area (Å²) >= 11 is 1.44. The van der Waals surface area contributed by atoms with E-state index in [2.05, 4.69) is 15.3 Å². The lowest BCUT2D eigenvalue weighted by molar-refractivity contribution is -0.139. The Balaban J connectivity index is 1.57. The van der Waals surface area contributed by atoms with Gasteiger partial charge >= 0.3 is 5.97 Å². The molecule has 1 N–H and O–H groups in total. The first kappa shape index (κ1) is 24.5. The van der Waals surface area contributed by atoms with Gasteiger partial charge in [-0.05, 0) is 49.1 Å². The van der Waals surface area contributed by atoms with E-state index < -0.39 is 12.0 Å². The first-order chi connectivity index (χ1) is 17.0. The molecule has 4 rings (SSSR count). The molecule has 2 aromatic rings. The van der Waals surface area contributed by atoms with Crippen LogP contribution >= 0.6 is 11.8 Å². The Kier molecular flexibility index (Phi) is 7.87. The summed E-state index contributed by atoms with van der Waals surface area (Å²) in [4.78, 5) is 36.8. The second-order valence-electron chi connectivity index (χ2n) is 7.99. The van der Waals surface area contributed by atoms with Crippen molar-refractivity contribution in [2.45, 2.75) is 32.7 Å². The Morgan fingerprint density at radius 2 is 2.06 bits per heavy atom. The average molecular weight is 493 g/mol. The Morgan fingerprint density at radius 3 is 2.80 bits per heavy atom. The molecule has 182 valence electrons. The Bertz CT molecular complexity index is 1190. The molecule has 0 radical (unpaired) electrons. The molecule has 3 heterocycles. The second kappa shape index (κ2) is 11.2. The second-order valence-corrected chi connectivity index (χ2v) is 8.82. The van der Waals surface area contributed by atoms with Crippen molar-refractivity contribution in [3.63, 3.8) is 0 Å². The van der Waals surface area contributed by atoms with Crippen LogP contribution in [0.3, 0.4) is 0 Å². The molecular formula is C26H28N4O4S. The molecule has 0 fully saturated rings. The smallest absolute Gasteiger partial charge is 0.338 e. The largest absolute Gasteiger partial charge is 0.497 e. The SMILES string of the molecule is CCOC(=O)C1=C(C)N=C2SC=C(CC(=O)NCCc3ccccn3)N2C1c1cccc(OC)c1. The van der Waals surface area contributed by atoms with E-state index in [-0.39, 0.29) is 18.9 Å². The van der Waals surface area contributed by atoms with Crippen molar-refractivity contribution in [3.05, 3.63) is 82.3 Å². The van der Waals surface area contributed by atoms with Crippen LogP contribution in [0.2, 0.25) is 0 Å². The van der Waals surface area contributed by atoms with Crippen LogP contribution in [0.25, 0.3) is 0 Å². The van der Waals surface area contributed by atoms with Crippen molar-refractivity contribution < 1.29 is 19.1 Å². The molecule has 8 nitrogen and oxygen atoms in total. The molecule has 1 aromatic heterocycles. The number of carbonyl (C=O) groups is 2. The van der Waals surface area contributed by atoms with E-state index >= 15 is 0 Å². The molecule has 0 spiro atoms. The van der Waals surface area contributed by atoms with Crippen LogP contribution in [-0.2, 0) is 20.7 Å². The normalized spacial score (nSPS) is 16.9. The molecular weight excluding hydrogens is 464 g/mol. The molecule has 1 unspecified atom stereocenters. The maximum atomic E-state index is 13.0. The number of carbonyl (C=O) groups excluding carboxylic acids is 2. The highest BCUT2D eigenvalue weighted by Gasteiger charge is 2.41. The van der Waals surface area contributed by atoms with Gasteiger partial charge in [0.1, 0.15) is 5.75 Å². The zero-order chi connectivity index (χ0) is 24.8. The third-order valence-electron chi connectivity index (χ3n) is 5.68. The number of nitrogens with one attached hydrogen (secondary N) is 1. The lowest BCUT2D eigenvalue weighted by atomic mass is 9.93. The summed E-state index contributed by atoms with van der Waals surface area (Å²) in [6.07, 6.45) is 2.55. The van der Waals surface area contributed by atoms with E-state index in [1.165, 1.54) is 11.8 Å². The number of thioether (sulfide) groups is 1. The van der Waals surface area contributed by atoms with Gasteiger partial charge in [-0.2, -0.15) is 0 Å². The number of esters is 1. The molecule has 0 aliphatic carbocycles. The molecule has 2 aliphatic rings. The number of ether oxygens (including phenoxy) is 2. The Morgan fingerprint density at radius 1 is 1.20 bits per heavy atom. The van der Waals surface area contributed by atoms with E-state index in [1.54, 1.807) is 20.2 Å². The molecule has 35 heavy (non-hydrogen) atoms. The number of hydrogen-bond acceptors (Lipinski definition) is 8. The van der Waals surface area contributed by atoms with E-state index in [0.29, 0.717) is 30.0 Å². The number of benzene rings is 1. The summed E-state index contributed by atoms with van der Waals surface area (Å²) in [5.41, 5.74) is 3.60. The number of aliphatic imine (C=N–C) groups is 1.